The SMILES string of the molecule is Cc1cccc(NC(C(=O)O)c2ccc(Cl)c(Cl)c2)c1. The maximum atomic E-state index is 11.4. The van der Waals surface area contributed by atoms with Crippen LogP contribution in [0.1, 0.15) is 17.2 Å². The lowest BCUT2D eigenvalue weighted by Gasteiger charge is -2.17. The van der Waals surface area contributed by atoms with Gasteiger partial charge in [0.05, 0.1) is 10.0 Å². The van der Waals surface area contributed by atoms with E-state index in [0.29, 0.717) is 15.6 Å². The first-order chi connectivity index (χ1) is 9.47. The number of halogens is 2. The molecule has 0 radical (unpaired) electrons. The number of hydrogen-bond acceptors (Lipinski definition) is 2. The molecule has 0 saturated heterocycles. The van der Waals surface area contributed by atoms with Crippen molar-refractivity contribution in [2.75, 3.05) is 5.32 Å². The van der Waals surface area contributed by atoms with Gasteiger partial charge in [-0.15, -0.1) is 0 Å². The summed E-state index contributed by atoms with van der Waals surface area (Å²) in [6, 6.07) is 11.4. The minimum Gasteiger partial charge on any atom is -0.479 e. The number of rotatable bonds is 4. The highest BCUT2D eigenvalue weighted by Gasteiger charge is 2.20. The van der Waals surface area contributed by atoms with Crippen molar-refractivity contribution in [3.63, 3.8) is 0 Å². The van der Waals surface area contributed by atoms with E-state index in [2.05, 4.69) is 5.32 Å². The van der Waals surface area contributed by atoms with Crippen LogP contribution in [-0.2, 0) is 4.79 Å². The van der Waals surface area contributed by atoms with Gasteiger partial charge in [-0.1, -0.05) is 41.4 Å². The molecule has 0 aliphatic heterocycles. The van der Waals surface area contributed by atoms with Crippen molar-refractivity contribution >= 4 is 34.9 Å². The third-order valence-electron chi connectivity index (χ3n) is 2.85. The van der Waals surface area contributed by atoms with Gasteiger partial charge in [-0.05, 0) is 42.3 Å². The fourth-order valence-electron chi connectivity index (χ4n) is 1.88. The number of aryl methyl sites for hydroxylation is 1. The van der Waals surface area contributed by atoms with Crippen molar-refractivity contribution in [2.45, 2.75) is 13.0 Å². The first-order valence-corrected chi connectivity index (χ1v) is 6.74. The summed E-state index contributed by atoms with van der Waals surface area (Å²) in [7, 11) is 0. The van der Waals surface area contributed by atoms with Crippen LogP contribution in [0, 0.1) is 6.92 Å². The van der Waals surface area contributed by atoms with E-state index in [4.69, 9.17) is 23.2 Å². The van der Waals surface area contributed by atoms with E-state index >= 15 is 0 Å². The van der Waals surface area contributed by atoms with E-state index in [1.54, 1.807) is 18.2 Å². The van der Waals surface area contributed by atoms with Gasteiger partial charge >= 0.3 is 5.97 Å². The van der Waals surface area contributed by atoms with Crippen LogP contribution in [0.2, 0.25) is 10.0 Å². The largest absolute Gasteiger partial charge is 0.479 e. The van der Waals surface area contributed by atoms with Crippen LogP contribution < -0.4 is 5.32 Å². The van der Waals surface area contributed by atoms with E-state index in [1.807, 2.05) is 31.2 Å². The summed E-state index contributed by atoms with van der Waals surface area (Å²) in [5, 5.41) is 13.1. The number of carbonyl (C=O) groups is 1. The Morgan fingerprint density at radius 1 is 1.15 bits per heavy atom. The van der Waals surface area contributed by atoms with Gasteiger partial charge in [-0.3, -0.25) is 0 Å². The summed E-state index contributed by atoms with van der Waals surface area (Å²) in [6.45, 7) is 1.94. The molecule has 0 aliphatic carbocycles. The van der Waals surface area contributed by atoms with E-state index in [0.717, 1.165) is 11.3 Å². The Balaban J connectivity index is 2.32. The van der Waals surface area contributed by atoms with Crippen molar-refractivity contribution in [3.05, 3.63) is 63.6 Å². The molecule has 0 aliphatic rings. The number of nitrogens with one attached hydrogen (secondary N) is 1. The Labute approximate surface area is 127 Å². The van der Waals surface area contributed by atoms with Gasteiger partial charge < -0.3 is 10.4 Å². The van der Waals surface area contributed by atoms with Gasteiger partial charge in [-0.2, -0.15) is 0 Å². The summed E-state index contributed by atoms with van der Waals surface area (Å²) >= 11 is 11.8. The van der Waals surface area contributed by atoms with Crippen LogP contribution in [0.3, 0.4) is 0 Å². The van der Waals surface area contributed by atoms with Crippen molar-refractivity contribution < 1.29 is 9.90 Å². The molecule has 0 bridgehead atoms. The summed E-state index contributed by atoms with van der Waals surface area (Å²) in [5.74, 6) is -0.982. The Kier molecular flexibility index (Phi) is 4.53. The Bertz CT molecular complexity index is 644. The van der Waals surface area contributed by atoms with Gasteiger partial charge in [0.1, 0.15) is 0 Å². The zero-order valence-corrected chi connectivity index (χ0v) is 12.2. The molecule has 0 spiro atoms. The lowest BCUT2D eigenvalue weighted by atomic mass is 10.1. The maximum absolute atomic E-state index is 11.4. The molecule has 104 valence electrons. The Hall–Kier alpha value is -1.71. The second kappa shape index (κ2) is 6.16. The molecular formula is C15H13Cl2NO2. The molecule has 2 N–H and O–H groups in total. The molecule has 5 heteroatoms. The highest BCUT2D eigenvalue weighted by atomic mass is 35.5. The smallest absolute Gasteiger partial charge is 0.330 e. The maximum Gasteiger partial charge on any atom is 0.330 e. The van der Waals surface area contributed by atoms with Crippen molar-refractivity contribution in [2.24, 2.45) is 0 Å². The predicted octanol–water partition coefficient (Wildman–Crippen LogP) is 4.54. The van der Waals surface area contributed by atoms with E-state index in [-0.39, 0.29) is 0 Å². The van der Waals surface area contributed by atoms with Crippen molar-refractivity contribution in [3.8, 4) is 0 Å². The third-order valence-corrected chi connectivity index (χ3v) is 3.59. The topological polar surface area (TPSA) is 49.3 Å². The van der Waals surface area contributed by atoms with Crippen LogP contribution in [0.5, 0.6) is 0 Å². The summed E-state index contributed by atoms with van der Waals surface area (Å²) < 4.78 is 0. The highest BCUT2D eigenvalue weighted by molar-refractivity contribution is 6.42. The molecule has 0 aromatic heterocycles. The van der Waals surface area contributed by atoms with Crippen LogP contribution in [-0.4, -0.2) is 11.1 Å². The second-order valence-electron chi connectivity index (χ2n) is 4.46. The lowest BCUT2D eigenvalue weighted by molar-refractivity contribution is -0.138. The van der Waals surface area contributed by atoms with E-state index < -0.39 is 12.0 Å². The number of carboxylic acids is 1. The van der Waals surface area contributed by atoms with E-state index in [9.17, 15) is 9.90 Å². The van der Waals surface area contributed by atoms with Gasteiger partial charge in [-0.25, -0.2) is 4.79 Å². The predicted molar refractivity (Wildman–Crippen MR) is 81.6 cm³/mol. The molecule has 0 fully saturated rings. The lowest BCUT2D eigenvalue weighted by Crippen LogP contribution is -2.20. The van der Waals surface area contributed by atoms with Gasteiger partial charge in [0, 0.05) is 5.69 Å². The van der Waals surface area contributed by atoms with Crippen LogP contribution in [0.25, 0.3) is 0 Å². The molecule has 2 aromatic carbocycles. The number of hydrogen-bond donors (Lipinski definition) is 2. The first kappa shape index (κ1) is 14.7. The zero-order chi connectivity index (χ0) is 14.7. The molecule has 0 amide bonds. The molecule has 1 unspecified atom stereocenters. The molecule has 1 atom stereocenters. The quantitative estimate of drug-likeness (QED) is 0.871. The van der Waals surface area contributed by atoms with Crippen LogP contribution in [0.4, 0.5) is 5.69 Å². The summed E-state index contributed by atoms with van der Waals surface area (Å²) in [4.78, 5) is 11.4. The summed E-state index contributed by atoms with van der Waals surface area (Å²) in [6.07, 6.45) is 0. The van der Waals surface area contributed by atoms with Gasteiger partial charge in [0.2, 0.25) is 0 Å². The van der Waals surface area contributed by atoms with Crippen molar-refractivity contribution in [1.82, 2.24) is 0 Å². The van der Waals surface area contributed by atoms with Crippen LogP contribution in [0.15, 0.2) is 42.5 Å². The molecule has 2 rings (SSSR count). The minimum absolute atomic E-state index is 0.335. The van der Waals surface area contributed by atoms with Crippen molar-refractivity contribution in [1.29, 1.82) is 0 Å². The molecular weight excluding hydrogens is 297 g/mol. The number of anilines is 1. The number of aliphatic carboxylic acids is 1. The Morgan fingerprint density at radius 2 is 1.90 bits per heavy atom. The van der Waals surface area contributed by atoms with Crippen LogP contribution >= 0.6 is 23.2 Å². The van der Waals surface area contributed by atoms with Gasteiger partial charge in [0.15, 0.2) is 6.04 Å². The minimum atomic E-state index is -0.982. The highest BCUT2D eigenvalue weighted by Crippen LogP contribution is 2.27. The molecule has 0 saturated carbocycles. The molecule has 3 nitrogen and oxygen atoms in total. The fraction of sp³-hybridized carbons (Fsp3) is 0.133. The molecule has 2 aromatic rings. The number of carboxylic acid groups (broad SMARTS) is 1. The Morgan fingerprint density at radius 3 is 2.50 bits per heavy atom. The normalized spacial score (nSPS) is 11.9. The third kappa shape index (κ3) is 3.44. The molecule has 0 heterocycles. The standard InChI is InChI=1S/C15H13Cl2NO2/c1-9-3-2-4-11(7-9)18-14(15(19)20)10-5-6-12(16)13(17)8-10/h2-8,14,18H,1H3,(H,19,20). The molecule has 20 heavy (non-hydrogen) atoms. The fourth-order valence-corrected chi connectivity index (χ4v) is 2.19. The number of benzene rings is 2. The second-order valence-corrected chi connectivity index (χ2v) is 5.27. The van der Waals surface area contributed by atoms with Gasteiger partial charge in [0.25, 0.3) is 0 Å². The van der Waals surface area contributed by atoms with E-state index in [1.165, 1.54) is 0 Å². The average molecular weight is 310 g/mol. The zero-order valence-electron chi connectivity index (χ0n) is 10.7. The first-order valence-electron chi connectivity index (χ1n) is 5.98. The summed E-state index contributed by atoms with van der Waals surface area (Å²) in [5.41, 5.74) is 2.34. The monoisotopic (exact) mass is 309 g/mol. The average Bonchev–Trinajstić information content (AvgIpc) is 2.39.